The minimum Gasteiger partial charge on any atom is -0.353 e. The summed E-state index contributed by atoms with van der Waals surface area (Å²) in [5, 5.41) is 2.93. The van der Waals surface area contributed by atoms with E-state index >= 15 is 0 Å². The highest BCUT2D eigenvalue weighted by molar-refractivity contribution is 5.89. The second kappa shape index (κ2) is 8.20. The third-order valence-corrected chi connectivity index (χ3v) is 5.34. The number of carbonyl (C=O) groups is 2. The number of nitrogens with zero attached hydrogens (tertiary/aromatic N) is 4. The zero-order valence-electron chi connectivity index (χ0n) is 16.1. The van der Waals surface area contributed by atoms with Crippen LogP contribution < -0.4 is 5.32 Å². The minimum atomic E-state index is -0.349. The molecule has 1 saturated carbocycles. The van der Waals surface area contributed by atoms with Gasteiger partial charge in [-0.1, -0.05) is 13.8 Å². The van der Waals surface area contributed by atoms with Crippen LogP contribution in [0.5, 0.6) is 0 Å². The Morgan fingerprint density at radius 2 is 2.19 bits per heavy atom. The van der Waals surface area contributed by atoms with E-state index < -0.39 is 0 Å². The molecule has 1 atom stereocenters. The molecule has 1 saturated heterocycles. The van der Waals surface area contributed by atoms with E-state index in [-0.39, 0.29) is 24.3 Å². The predicted octanol–water partition coefficient (Wildman–Crippen LogP) is 1.15. The summed E-state index contributed by atoms with van der Waals surface area (Å²) in [6, 6.07) is -0.0485. The van der Waals surface area contributed by atoms with Crippen molar-refractivity contribution >= 4 is 11.8 Å². The number of carbonyl (C=O) groups excluding carboxylic acids is 2. The summed E-state index contributed by atoms with van der Waals surface area (Å²) >= 11 is 0. The molecule has 1 aromatic rings. The van der Waals surface area contributed by atoms with Crippen molar-refractivity contribution in [2.45, 2.75) is 58.2 Å². The van der Waals surface area contributed by atoms with E-state index in [4.69, 9.17) is 0 Å². The van der Waals surface area contributed by atoms with Gasteiger partial charge in [0.05, 0.1) is 19.0 Å². The normalized spacial score (nSPS) is 21.1. The van der Waals surface area contributed by atoms with E-state index in [0.29, 0.717) is 25.0 Å². The van der Waals surface area contributed by atoms with Crippen LogP contribution in [-0.2, 0) is 23.2 Å². The Kier molecular flexibility index (Phi) is 5.96. The lowest BCUT2D eigenvalue weighted by atomic mass is 10.0. The molecule has 0 spiro atoms. The van der Waals surface area contributed by atoms with Gasteiger partial charge in [0, 0.05) is 38.6 Å². The molecule has 2 fully saturated rings. The molecule has 7 heteroatoms. The van der Waals surface area contributed by atoms with E-state index in [0.717, 1.165) is 38.2 Å². The molecule has 7 nitrogen and oxygen atoms in total. The van der Waals surface area contributed by atoms with Gasteiger partial charge in [-0.05, 0) is 31.7 Å². The largest absolute Gasteiger partial charge is 0.353 e. The van der Waals surface area contributed by atoms with E-state index in [9.17, 15) is 9.59 Å². The van der Waals surface area contributed by atoms with Crippen LogP contribution >= 0.6 is 0 Å². The molecule has 3 rings (SSSR count). The topological polar surface area (TPSA) is 70.5 Å². The number of amides is 2. The summed E-state index contributed by atoms with van der Waals surface area (Å²) in [6.07, 6.45) is 7.04. The Morgan fingerprint density at radius 3 is 2.81 bits per heavy atom. The maximum Gasteiger partial charge on any atom is 0.237 e. The van der Waals surface area contributed by atoms with E-state index in [2.05, 4.69) is 29.0 Å². The van der Waals surface area contributed by atoms with Gasteiger partial charge in [0.1, 0.15) is 5.82 Å². The van der Waals surface area contributed by atoms with Crippen LogP contribution in [0.25, 0.3) is 0 Å². The molecule has 1 aliphatic heterocycles. The maximum absolute atomic E-state index is 13.0. The number of aromatic nitrogens is 2. The molecule has 144 valence electrons. The molecule has 0 radical (unpaired) electrons. The summed E-state index contributed by atoms with van der Waals surface area (Å²) < 4.78 is 1.95. The Bertz CT molecular complexity index is 638. The zero-order chi connectivity index (χ0) is 18.7. The molecule has 0 bridgehead atoms. The maximum atomic E-state index is 13.0. The van der Waals surface area contributed by atoms with Crippen LogP contribution in [0.15, 0.2) is 12.4 Å². The molecular formula is C19H31N5O2. The molecule has 1 N–H and O–H groups in total. The predicted molar refractivity (Wildman–Crippen MR) is 99.2 cm³/mol. The minimum absolute atomic E-state index is 0.0129. The first-order valence-corrected chi connectivity index (χ1v) is 9.73. The molecule has 2 amide bonds. The summed E-state index contributed by atoms with van der Waals surface area (Å²) in [6.45, 7) is 7.25. The van der Waals surface area contributed by atoms with Gasteiger partial charge in [-0.3, -0.25) is 14.5 Å². The van der Waals surface area contributed by atoms with Crippen molar-refractivity contribution in [2.75, 3.05) is 19.6 Å². The standard InChI is InChI=1S/C19H31N5O2/c1-14(2)6-9-23-11-8-21-19(26)16(23)12-18(25)24(15-4-5-15)13-17-20-7-10-22(17)3/h7,10,14-16H,4-6,8-9,11-13H2,1-3H3,(H,21,26). The lowest BCUT2D eigenvalue weighted by molar-refractivity contribution is -0.139. The van der Waals surface area contributed by atoms with Crippen LogP contribution in [0.4, 0.5) is 0 Å². The van der Waals surface area contributed by atoms with Crippen molar-refractivity contribution in [3.8, 4) is 0 Å². The third-order valence-electron chi connectivity index (χ3n) is 5.34. The summed E-state index contributed by atoms with van der Waals surface area (Å²) in [7, 11) is 1.94. The highest BCUT2D eigenvalue weighted by Crippen LogP contribution is 2.29. The Hall–Kier alpha value is -1.89. The van der Waals surface area contributed by atoms with Crippen molar-refractivity contribution in [3.63, 3.8) is 0 Å². The van der Waals surface area contributed by atoms with Gasteiger partial charge in [-0.15, -0.1) is 0 Å². The SMILES string of the molecule is CC(C)CCN1CCNC(=O)C1CC(=O)N(Cc1nccn1C)C1CC1. The second-order valence-corrected chi connectivity index (χ2v) is 7.94. The fourth-order valence-electron chi connectivity index (χ4n) is 3.47. The van der Waals surface area contributed by atoms with Gasteiger partial charge in [-0.2, -0.15) is 0 Å². The average Bonchev–Trinajstić information content (AvgIpc) is 3.35. The first-order chi connectivity index (χ1) is 12.5. The second-order valence-electron chi connectivity index (χ2n) is 7.94. The van der Waals surface area contributed by atoms with Crippen LogP contribution in [0.3, 0.4) is 0 Å². The summed E-state index contributed by atoms with van der Waals surface area (Å²) in [5.41, 5.74) is 0. The summed E-state index contributed by atoms with van der Waals surface area (Å²) in [4.78, 5) is 33.9. The average molecular weight is 361 g/mol. The molecule has 1 aromatic heterocycles. The Balaban J connectivity index is 1.66. The first kappa shape index (κ1) is 18.9. The van der Waals surface area contributed by atoms with Gasteiger partial charge >= 0.3 is 0 Å². The van der Waals surface area contributed by atoms with Gasteiger partial charge < -0.3 is 14.8 Å². The van der Waals surface area contributed by atoms with E-state index in [1.165, 1.54) is 0 Å². The van der Waals surface area contributed by atoms with Crippen molar-refractivity contribution in [2.24, 2.45) is 13.0 Å². The highest BCUT2D eigenvalue weighted by Gasteiger charge is 2.37. The van der Waals surface area contributed by atoms with Crippen LogP contribution in [0.2, 0.25) is 0 Å². The Labute approximate surface area is 155 Å². The molecule has 2 aliphatic rings. The molecule has 1 unspecified atom stereocenters. The number of hydrogen-bond acceptors (Lipinski definition) is 4. The lowest BCUT2D eigenvalue weighted by Gasteiger charge is -2.36. The fraction of sp³-hybridized carbons (Fsp3) is 0.737. The van der Waals surface area contributed by atoms with Crippen LogP contribution in [0, 0.1) is 5.92 Å². The van der Waals surface area contributed by atoms with Gasteiger partial charge in [0.2, 0.25) is 11.8 Å². The molecule has 2 heterocycles. The van der Waals surface area contributed by atoms with Gasteiger partial charge in [0.15, 0.2) is 0 Å². The van der Waals surface area contributed by atoms with Crippen molar-refractivity contribution in [3.05, 3.63) is 18.2 Å². The molecule has 1 aliphatic carbocycles. The number of aryl methyl sites for hydroxylation is 1. The number of hydrogen-bond donors (Lipinski definition) is 1. The molecule has 26 heavy (non-hydrogen) atoms. The quantitative estimate of drug-likeness (QED) is 0.754. The molecular weight excluding hydrogens is 330 g/mol. The molecule has 0 aromatic carbocycles. The smallest absolute Gasteiger partial charge is 0.237 e. The van der Waals surface area contributed by atoms with Crippen molar-refractivity contribution in [1.29, 1.82) is 0 Å². The summed E-state index contributed by atoms with van der Waals surface area (Å²) in [5.74, 6) is 1.52. The number of imidazole rings is 1. The highest BCUT2D eigenvalue weighted by atomic mass is 16.2. The first-order valence-electron chi connectivity index (χ1n) is 9.73. The van der Waals surface area contributed by atoms with Crippen molar-refractivity contribution in [1.82, 2.24) is 24.7 Å². The number of piperazine rings is 1. The van der Waals surface area contributed by atoms with Crippen LogP contribution in [-0.4, -0.2) is 62.9 Å². The van der Waals surface area contributed by atoms with E-state index in [1.807, 2.05) is 22.7 Å². The van der Waals surface area contributed by atoms with Crippen LogP contribution in [0.1, 0.15) is 45.4 Å². The third kappa shape index (κ3) is 4.63. The lowest BCUT2D eigenvalue weighted by Crippen LogP contribution is -2.57. The fourth-order valence-corrected chi connectivity index (χ4v) is 3.47. The number of rotatable bonds is 8. The Morgan fingerprint density at radius 1 is 1.42 bits per heavy atom. The van der Waals surface area contributed by atoms with E-state index in [1.54, 1.807) is 6.20 Å². The zero-order valence-corrected chi connectivity index (χ0v) is 16.1. The van der Waals surface area contributed by atoms with Crippen molar-refractivity contribution < 1.29 is 9.59 Å². The van der Waals surface area contributed by atoms with Gasteiger partial charge in [-0.25, -0.2) is 4.98 Å². The monoisotopic (exact) mass is 361 g/mol. The number of nitrogens with one attached hydrogen (secondary N) is 1. The van der Waals surface area contributed by atoms with Gasteiger partial charge in [0.25, 0.3) is 0 Å².